The van der Waals surface area contributed by atoms with Crippen molar-refractivity contribution >= 4 is 28.8 Å². The van der Waals surface area contributed by atoms with E-state index in [1.165, 1.54) is 11.3 Å². The molecule has 6 heteroatoms. The lowest BCUT2D eigenvalue weighted by atomic mass is 9.90. The lowest BCUT2D eigenvalue weighted by Gasteiger charge is -2.36. The van der Waals surface area contributed by atoms with Crippen LogP contribution in [0.3, 0.4) is 0 Å². The Morgan fingerprint density at radius 1 is 0.935 bits per heavy atom. The van der Waals surface area contributed by atoms with Crippen LogP contribution in [0.25, 0.3) is 0 Å². The van der Waals surface area contributed by atoms with Crippen LogP contribution in [0, 0.1) is 0 Å². The molecule has 1 saturated carbocycles. The van der Waals surface area contributed by atoms with Crippen molar-refractivity contribution in [3.05, 3.63) is 88.1 Å². The number of nitrogens with zero attached hydrogens (tertiary/aromatic N) is 1. The Bertz CT molecular complexity index is 995. The molecule has 2 aromatic carbocycles. The Morgan fingerprint density at radius 2 is 1.65 bits per heavy atom. The van der Waals surface area contributed by atoms with Crippen molar-refractivity contribution in [2.24, 2.45) is 5.73 Å². The quantitative estimate of drug-likeness (QED) is 0.580. The average molecular weight is 434 g/mol. The van der Waals surface area contributed by atoms with E-state index in [4.69, 9.17) is 5.73 Å². The van der Waals surface area contributed by atoms with Crippen molar-refractivity contribution in [3.63, 3.8) is 0 Å². The zero-order chi connectivity index (χ0) is 21.6. The van der Waals surface area contributed by atoms with Gasteiger partial charge in [-0.1, -0.05) is 36.4 Å². The smallest absolute Gasteiger partial charge is 0.265 e. The second-order valence-corrected chi connectivity index (χ2v) is 8.94. The van der Waals surface area contributed by atoms with Gasteiger partial charge < -0.3 is 16.0 Å². The van der Waals surface area contributed by atoms with Gasteiger partial charge in [0.2, 0.25) is 0 Å². The first-order chi connectivity index (χ1) is 15.1. The minimum absolute atomic E-state index is 0.0520. The Kier molecular flexibility index (Phi) is 6.79. The van der Waals surface area contributed by atoms with Crippen LogP contribution >= 0.6 is 11.3 Å². The Labute approximate surface area is 186 Å². The molecule has 2 amide bonds. The van der Waals surface area contributed by atoms with Gasteiger partial charge in [0, 0.05) is 29.9 Å². The van der Waals surface area contributed by atoms with Crippen molar-refractivity contribution in [3.8, 4) is 0 Å². The summed E-state index contributed by atoms with van der Waals surface area (Å²) in [6, 6.07) is 21.3. The zero-order valence-corrected chi connectivity index (χ0v) is 18.2. The van der Waals surface area contributed by atoms with Crippen LogP contribution in [-0.4, -0.2) is 28.8 Å². The van der Waals surface area contributed by atoms with Crippen LogP contribution in [-0.2, 0) is 6.54 Å². The van der Waals surface area contributed by atoms with Gasteiger partial charge in [-0.25, -0.2) is 0 Å². The highest BCUT2D eigenvalue weighted by atomic mass is 32.1. The van der Waals surface area contributed by atoms with E-state index in [1.807, 2.05) is 70.9 Å². The molecule has 4 rings (SSSR count). The van der Waals surface area contributed by atoms with Gasteiger partial charge >= 0.3 is 0 Å². The third kappa shape index (κ3) is 5.40. The number of nitrogens with two attached hydrogens (primary N) is 1. The van der Waals surface area contributed by atoms with E-state index in [2.05, 4.69) is 5.32 Å². The number of carbonyl (C=O) groups is 2. The number of carbonyl (C=O) groups excluding carboxylic acids is 2. The van der Waals surface area contributed by atoms with Crippen LogP contribution in [0.15, 0.2) is 72.1 Å². The Morgan fingerprint density at radius 3 is 2.29 bits per heavy atom. The fourth-order valence-electron chi connectivity index (χ4n) is 4.02. The maximum atomic E-state index is 13.3. The van der Waals surface area contributed by atoms with Crippen molar-refractivity contribution in [1.29, 1.82) is 0 Å². The molecule has 5 nitrogen and oxygen atoms in total. The third-order valence-electron chi connectivity index (χ3n) is 5.77. The van der Waals surface area contributed by atoms with Crippen LogP contribution in [0.2, 0.25) is 0 Å². The van der Waals surface area contributed by atoms with Crippen LogP contribution < -0.4 is 11.1 Å². The maximum absolute atomic E-state index is 13.3. The molecule has 0 aliphatic heterocycles. The number of amides is 2. The van der Waals surface area contributed by atoms with Crippen molar-refractivity contribution in [2.45, 2.75) is 44.3 Å². The van der Waals surface area contributed by atoms with Crippen LogP contribution in [0.4, 0.5) is 5.69 Å². The number of anilines is 1. The molecule has 0 unspecified atom stereocenters. The van der Waals surface area contributed by atoms with Gasteiger partial charge in [0.15, 0.2) is 0 Å². The highest BCUT2D eigenvalue weighted by Crippen LogP contribution is 2.26. The number of hydrogen-bond acceptors (Lipinski definition) is 4. The van der Waals surface area contributed by atoms with Gasteiger partial charge in [0.25, 0.3) is 11.8 Å². The topological polar surface area (TPSA) is 75.4 Å². The van der Waals surface area contributed by atoms with E-state index < -0.39 is 0 Å². The summed E-state index contributed by atoms with van der Waals surface area (Å²) in [7, 11) is 0. The molecule has 31 heavy (non-hydrogen) atoms. The zero-order valence-electron chi connectivity index (χ0n) is 17.4. The van der Waals surface area contributed by atoms with Gasteiger partial charge in [0.1, 0.15) is 0 Å². The van der Waals surface area contributed by atoms with Crippen molar-refractivity contribution in [2.75, 3.05) is 5.32 Å². The van der Waals surface area contributed by atoms with E-state index in [-0.39, 0.29) is 23.9 Å². The van der Waals surface area contributed by atoms with Crippen LogP contribution in [0.5, 0.6) is 0 Å². The largest absolute Gasteiger partial charge is 0.331 e. The Balaban J connectivity index is 1.48. The summed E-state index contributed by atoms with van der Waals surface area (Å²) < 4.78 is 0. The van der Waals surface area contributed by atoms with Gasteiger partial charge in [-0.05, 0) is 67.0 Å². The fraction of sp³-hybridized carbons (Fsp3) is 0.280. The molecular formula is C25H27N3O2S. The number of nitrogens with one attached hydrogen (secondary N) is 1. The summed E-state index contributed by atoms with van der Waals surface area (Å²) in [4.78, 5) is 28.2. The average Bonchev–Trinajstić information content (AvgIpc) is 3.35. The molecule has 0 radical (unpaired) electrons. The predicted molar refractivity (Wildman–Crippen MR) is 125 cm³/mol. The summed E-state index contributed by atoms with van der Waals surface area (Å²) in [5.41, 5.74) is 8.57. The number of hydrogen-bond donors (Lipinski definition) is 2. The minimum atomic E-state index is -0.109. The van der Waals surface area contributed by atoms with E-state index in [1.54, 1.807) is 6.07 Å². The fourth-order valence-corrected chi connectivity index (χ4v) is 4.64. The Hall–Kier alpha value is -2.96. The van der Waals surface area contributed by atoms with Gasteiger partial charge in [-0.15, -0.1) is 11.3 Å². The summed E-state index contributed by atoms with van der Waals surface area (Å²) in [6.07, 6.45) is 3.73. The predicted octanol–water partition coefficient (Wildman–Crippen LogP) is 4.91. The molecule has 1 aliphatic rings. The second-order valence-electron chi connectivity index (χ2n) is 8.00. The molecule has 0 bridgehead atoms. The summed E-state index contributed by atoms with van der Waals surface area (Å²) in [5, 5.41) is 4.80. The molecule has 3 aromatic rings. The first-order valence-electron chi connectivity index (χ1n) is 10.7. The highest BCUT2D eigenvalue weighted by molar-refractivity contribution is 7.12. The second kappa shape index (κ2) is 9.90. The van der Waals surface area contributed by atoms with E-state index in [9.17, 15) is 9.59 Å². The summed E-state index contributed by atoms with van der Waals surface area (Å²) >= 11 is 1.41. The number of benzene rings is 2. The summed E-state index contributed by atoms with van der Waals surface area (Å²) in [5.74, 6) is -0.0571. The lowest BCUT2D eigenvalue weighted by Crippen LogP contribution is -2.43. The number of rotatable bonds is 6. The van der Waals surface area contributed by atoms with E-state index in [0.29, 0.717) is 17.0 Å². The van der Waals surface area contributed by atoms with Gasteiger partial charge in [-0.3, -0.25) is 9.59 Å². The highest BCUT2D eigenvalue weighted by Gasteiger charge is 2.28. The molecule has 1 heterocycles. The van der Waals surface area contributed by atoms with E-state index >= 15 is 0 Å². The molecule has 0 atom stereocenters. The molecule has 0 saturated heterocycles. The first kappa shape index (κ1) is 21.3. The maximum Gasteiger partial charge on any atom is 0.265 e. The molecule has 0 spiro atoms. The molecule has 160 valence electrons. The number of thiophene rings is 1. The molecule has 1 aliphatic carbocycles. The van der Waals surface area contributed by atoms with Gasteiger partial charge in [-0.2, -0.15) is 0 Å². The molecular weight excluding hydrogens is 406 g/mol. The molecule has 3 N–H and O–H groups in total. The molecule has 1 fully saturated rings. The minimum Gasteiger partial charge on any atom is -0.331 e. The third-order valence-corrected chi connectivity index (χ3v) is 6.64. The normalized spacial score (nSPS) is 18.4. The van der Waals surface area contributed by atoms with E-state index in [0.717, 1.165) is 36.9 Å². The first-order valence-corrected chi connectivity index (χ1v) is 11.5. The SMILES string of the molecule is NC1CCC(N(Cc2ccc(NC(=O)c3cccs3)cc2)C(=O)c2ccccc2)CC1. The summed E-state index contributed by atoms with van der Waals surface area (Å²) in [6.45, 7) is 0.535. The lowest BCUT2D eigenvalue weighted by molar-refractivity contribution is 0.0606. The van der Waals surface area contributed by atoms with Crippen LogP contribution in [0.1, 0.15) is 51.3 Å². The van der Waals surface area contributed by atoms with Crippen molar-refractivity contribution in [1.82, 2.24) is 4.90 Å². The monoisotopic (exact) mass is 433 g/mol. The molecule has 1 aromatic heterocycles. The van der Waals surface area contributed by atoms with Crippen molar-refractivity contribution < 1.29 is 9.59 Å². The standard InChI is InChI=1S/C25H27N3O2S/c26-20-10-14-22(15-11-20)28(25(30)19-5-2-1-3-6-19)17-18-8-12-21(13-9-18)27-24(29)23-7-4-16-31-23/h1-9,12-13,16,20,22H,10-11,14-15,17,26H2,(H,27,29). The van der Waals surface area contributed by atoms with Gasteiger partial charge in [0.05, 0.1) is 4.88 Å².